The van der Waals surface area contributed by atoms with Crippen molar-refractivity contribution in [2.45, 2.75) is 13.8 Å². The van der Waals surface area contributed by atoms with Crippen molar-refractivity contribution in [3.05, 3.63) is 47.5 Å². The lowest BCUT2D eigenvalue weighted by Gasteiger charge is -2.08. The number of rotatable bonds is 4. The molecule has 2 aromatic carbocycles. The Morgan fingerprint density at radius 2 is 1.83 bits per heavy atom. The second kappa shape index (κ2) is 6.00. The Hall–Kier alpha value is -3.02. The van der Waals surface area contributed by atoms with Crippen molar-refractivity contribution in [2.75, 3.05) is 12.4 Å². The number of phenolic OH excluding ortho intramolecular Hbond substituents is 1. The van der Waals surface area contributed by atoms with E-state index < -0.39 is 0 Å². The number of nitrogens with zero attached hydrogens (tertiary/aromatic N) is 2. The SMILES string of the molecule is COc1cc(-c2nnc(Nc3c(C)cccc3C)o2)ccc1O. The molecule has 0 aliphatic carbocycles. The number of para-hydroxylation sites is 1. The lowest BCUT2D eigenvalue weighted by atomic mass is 10.1. The van der Waals surface area contributed by atoms with Crippen LogP contribution in [0.4, 0.5) is 11.7 Å². The predicted molar refractivity (Wildman–Crippen MR) is 87.1 cm³/mol. The smallest absolute Gasteiger partial charge is 0.320 e. The van der Waals surface area contributed by atoms with Crippen molar-refractivity contribution in [3.63, 3.8) is 0 Å². The number of benzene rings is 2. The maximum atomic E-state index is 9.64. The van der Waals surface area contributed by atoms with E-state index in [1.165, 1.54) is 13.2 Å². The van der Waals surface area contributed by atoms with Crippen molar-refractivity contribution in [1.29, 1.82) is 0 Å². The van der Waals surface area contributed by atoms with Gasteiger partial charge in [0.1, 0.15) is 0 Å². The first-order chi connectivity index (χ1) is 11.1. The van der Waals surface area contributed by atoms with E-state index in [4.69, 9.17) is 9.15 Å². The molecule has 6 heteroatoms. The number of aromatic nitrogens is 2. The fourth-order valence-corrected chi connectivity index (χ4v) is 2.32. The number of nitrogens with one attached hydrogen (secondary N) is 1. The van der Waals surface area contributed by atoms with Gasteiger partial charge in [-0.25, -0.2) is 0 Å². The maximum Gasteiger partial charge on any atom is 0.320 e. The summed E-state index contributed by atoms with van der Waals surface area (Å²) in [7, 11) is 1.49. The molecular weight excluding hydrogens is 294 g/mol. The van der Waals surface area contributed by atoms with E-state index in [1.54, 1.807) is 12.1 Å². The fourth-order valence-electron chi connectivity index (χ4n) is 2.32. The first-order valence-corrected chi connectivity index (χ1v) is 7.12. The highest BCUT2D eigenvalue weighted by Crippen LogP contribution is 2.32. The molecule has 0 saturated heterocycles. The van der Waals surface area contributed by atoms with E-state index in [-0.39, 0.29) is 5.75 Å². The molecule has 0 atom stereocenters. The molecule has 0 aliphatic rings. The normalized spacial score (nSPS) is 10.6. The van der Waals surface area contributed by atoms with Crippen LogP contribution >= 0.6 is 0 Å². The van der Waals surface area contributed by atoms with Gasteiger partial charge in [0, 0.05) is 11.3 Å². The third-order valence-corrected chi connectivity index (χ3v) is 3.56. The molecule has 23 heavy (non-hydrogen) atoms. The fraction of sp³-hybridized carbons (Fsp3) is 0.176. The molecule has 0 bridgehead atoms. The first-order valence-electron chi connectivity index (χ1n) is 7.12. The van der Waals surface area contributed by atoms with Gasteiger partial charge >= 0.3 is 6.01 Å². The predicted octanol–water partition coefficient (Wildman–Crippen LogP) is 3.81. The van der Waals surface area contributed by atoms with Gasteiger partial charge in [0.15, 0.2) is 11.5 Å². The molecule has 1 aromatic heterocycles. The monoisotopic (exact) mass is 311 g/mol. The Bertz CT molecular complexity index is 823. The van der Waals surface area contributed by atoms with Gasteiger partial charge < -0.3 is 19.6 Å². The molecule has 0 aliphatic heterocycles. The third kappa shape index (κ3) is 2.96. The topological polar surface area (TPSA) is 80.4 Å². The van der Waals surface area contributed by atoms with E-state index in [0.717, 1.165) is 16.8 Å². The maximum absolute atomic E-state index is 9.64. The van der Waals surface area contributed by atoms with Crippen molar-refractivity contribution in [2.24, 2.45) is 0 Å². The quantitative estimate of drug-likeness (QED) is 0.762. The van der Waals surface area contributed by atoms with Gasteiger partial charge in [-0.15, -0.1) is 5.10 Å². The van der Waals surface area contributed by atoms with Gasteiger partial charge in [-0.05, 0) is 43.2 Å². The van der Waals surface area contributed by atoms with Crippen molar-refractivity contribution < 1.29 is 14.3 Å². The van der Waals surface area contributed by atoms with E-state index in [9.17, 15) is 5.11 Å². The standard InChI is InChI=1S/C17H17N3O3/c1-10-5-4-6-11(2)15(10)18-17-20-19-16(23-17)12-7-8-13(21)14(9-12)22-3/h4-9,21H,1-3H3,(H,18,20). The molecule has 3 aromatic rings. The Balaban J connectivity index is 1.89. The molecular formula is C17H17N3O3. The summed E-state index contributed by atoms with van der Waals surface area (Å²) in [6.07, 6.45) is 0. The van der Waals surface area contributed by atoms with Gasteiger partial charge in [-0.2, -0.15) is 0 Å². The zero-order valence-corrected chi connectivity index (χ0v) is 13.1. The van der Waals surface area contributed by atoms with E-state index >= 15 is 0 Å². The highest BCUT2D eigenvalue weighted by Gasteiger charge is 2.13. The minimum atomic E-state index is 0.0599. The van der Waals surface area contributed by atoms with Gasteiger partial charge in [0.05, 0.1) is 7.11 Å². The average Bonchev–Trinajstić information content (AvgIpc) is 3.00. The van der Waals surface area contributed by atoms with Crippen LogP contribution in [0.1, 0.15) is 11.1 Å². The number of aromatic hydroxyl groups is 1. The second-order valence-electron chi connectivity index (χ2n) is 5.19. The second-order valence-corrected chi connectivity index (χ2v) is 5.19. The minimum absolute atomic E-state index is 0.0599. The average molecular weight is 311 g/mol. The molecule has 0 saturated carbocycles. The lowest BCUT2D eigenvalue weighted by Crippen LogP contribution is -1.95. The molecule has 3 rings (SSSR count). The van der Waals surface area contributed by atoms with Crippen LogP contribution in [0.3, 0.4) is 0 Å². The summed E-state index contributed by atoms with van der Waals surface area (Å²) in [5.41, 5.74) is 3.81. The van der Waals surface area contributed by atoms with Crippen LogP contribution in [-0.4, -0.2) is 22.4 Å². The van der Waals surface area contributed by atoms with Gasteiger partial charge in [0.25, 0.3) is 0 Å². The first kappa shape index (κ1) is 14.9. The van der Waals surface area contributed by atoms with Crippen molar-refractivity contribution >= 4 is 11.7 Å². The number of hydrogen-bond donors (Lipinski definition) is 2. The molecule has 2 N–H and O–H groups in total. The van der Waals surface area contributed by atoms with Crippen LogP contribution in [0, 0.1) is 13.8 Å². The Kier molecular flexibility index (Phi) is 3.89. The number of methoxy groups -OCH3 is 1. The summed E-state index contributed by atoms with van der Waals surface area (Å²) in [5.74, 6) is 0.756. The van der Waals surface area contributed by atoms with Gasteiger partial charge in [-0.1, -0.05) is 23.3 Å². The van der Waals surface area contributed by atoms with E-state index in [2.05, 4.69) is 15.5 Å². The van der Waals surface area contributed by atoms with E-state index in [1.807, 2.05) is 32.0 Å². The van der Waals surface area contributed by atoms with Gasteiger partial charge in [-0.3, -0.25) is 0 Å². The van der Waals surface area contributed by atoms with Crippen molar-refractivity contribution in [3.8, 4) is 23.0 Å². The molecule has 0 unspecified atom stereocenters. The van der Waals surface area contributed by atoms with Crippen LogP contribution in [0.25, 0.3) is 11.5 Å². The summed E-state index contributed by atoms with van der Waals surface area (Å²) in [6, 6.07) is 11.2. The molecule has 0 spiro atoms. The minimum Gasteiger partial charge on any atom is -0.504 e. The molecule has 118 valence electrons. The number of ether oxygens (including phenoxy) is 1. The Morgan fingerprint density at radius 1 is 1.09 bits per heavy atom. The summed E-state index contributed by atoms with van der Waals surface area (Å²) in [5, 5.41) is 20.8. The number of hydrogen-bond acceptors (Lipinski definition) is 6. The number of anilines is 2. The van der Waals surface area contributed by atoms with Crippen LogP contribution < -0.4 is 10.1 Å². The summed E-state index contributed by atoms with van der Waals surface area (Å²) >= 11 is 0. The summed E-state index contributed by atoms with van der Waals surface area (Å²) < 4.78 is 10.7. The summed E-state index contributed by atoms with van der Waals surface area (Å²) in [4.78, 5) is 0. The van der Waals surface area contributed by atoms with E-state index in [0.29, 0.717) is 23.2 Å². The van der Waals surface area contributed by atoms with Crippen LogP contribution in [0.5, 0.6) is 11.5 Å². The van der Waals surface area contributed by atoms with Crippen LogP contribution in [0.15, 0.2) is 40.8 Å². The Morgan fingerprint density at radius 3 is 2.52 bits per heavy atom. The zero-order valence-electron chi connectivity index (χ0n) is 13.1. The van der Waals surface area contributed by atoms with Crippen LogP contribution in [0.2, 0.25) is 0 Å². The largest absolute Gasteiger partial charge is 0.504 e. The lowest BCUT2D eigenvalue weighted by molar-refractivity contribution is 0.373. The van der Waals surface area contributed by atoms with Gasteiger partial charge in [0.2, 0.25) is 5.89 Å². The molecule has 6 nitrogen and oxygen atoms in total. The molecule has 1 heterocycles. The van der Waals surface area contributed by atoms with Crippen LogP contribution in [-0.2, 0) is 0 Å². The molecule has 0 amide bonds. The summed E-state index contributed by atoms with van der Waals surface area (Å²) in [6.45, 7) is 4.02. The van der Waals surface area contributed by atoms with Crippen molar-refractivity contribution in [1.82, 2.24) is 10.2 Å². The highest BCUT2D eigenvalue weighted by molar-refractivity contribution is 5.64. The highest BCUT2D eigenvalue weighted by atomic mass is 16.5. The third-order valence-electron chi connectivity index (χ3n) is 3.56. The number of phenols is 1. The molecule has 0 radical (unpaired) electrons. The molecule has 0 fully saturated rings. The Labute approximate surface area is 133 Å². The zero-order chi connectivity index (χ0) is 16.4. The number of aryl methyl sites for hydroxylation is 2.